The Morgan fingerprint density at radius 1 is 0.756 bits per heavy atom. The number of amides is 3. The van der Waals surface area contributed by atoms with Crippen LogP contribution in [0.2, 0.25) is 0 Å². The molecular weight excluding hydrogens is 594 g/mol. The lowest BCUT2D eigenvalue weighted by molar-refractivity contribution is 0.0952. The first kappa shape index (κ1) is 31.3. The first-order valence-electron chi connectivity index (χ1n) is 14.6. The summed E-state index contributed by atoms with van der Waals surface area (Å²) in [6.45, 7) is 1.59. The van der Waals surface area contributed by atoms with Gasteiger partial charge in [-0.1, -0.05) is 54.6 Å². The second kappa shape index (κ2) is 14.5. The van der Waals surface area contributed by atoms with Crippen molar-refractivity contribution in [2.75, 3.05) is 25.0 Å². The first-order valence-corrected chi connectivity index (χ1v) is 16.0. The molecule has 0 aromatic heterocycles. The number of anilines is 1. The molecule has 0 unspecified atom stereocenters. The van der Waals surface area contributed by atoms with Gasteiger partial charge in [-0.25, -0.2) is 13.2 Å². The minimum absolute atomic E-state index is 0.0577. The summed E-state index contributed by atoms with van der Waals surface area (Å²) in [6.07, 6.45) is 1.64. The minimum Gasteiger partial charge on any atom is -0.494 e. The van der Waals surface area contributed by atoms with Crippen LogP contribution in [-0.2, 0) is 27.6 Å². The van der Waals surface area contributed by atoms with Crippen molar-refractivity contribution in [3.8, 4) is 5.75 Å². The van der Waals surface area contributed by atoms with Crippen molar-refractivity contribution in [1.29, 1.82) is 0 Å². The third kappa shape index (κ3) is 8.07. The average molecular weight is 628 g/mol. The highest BCUT2D eigenvalue weighted by Gasteiger charge is 2.31. The minimum atomic E-state index is -3.94. The number of nitrogens with one attached hydrogen (secondary N) is 3. The smallest absolute Gasteiger partial charge is 0.407 e. The fraction of sp³-hybridized carbons (Fsp3) is 0.206. The molecule has 0 fully saturated rings. The SMILES string of the molecule is O=C(NCCCCOc1ccc(CCNC(=O)c2ccc3c(c2)NC(=O)c2ccccc2S3(=O)=O)cc1)OCc1ccccc1. The summed E-state index contributed by atoms with van der Waals surface area (Å²) >= 11 is 0. The average Bonchev–Trinajstić information content (AvgIpc) is 3.14. The van der Waals surface area contributed by atoms with Gasteiger partial charge in [0.05, 0.1) is 27.6 Å². The van der Waals surface area contributed by atoms with Gasteiger partial charge >= 0.3 is 6.09 Å². The van der Waals surface area contributed by atoms with E-state index in [1.54, 1.807) is 12.1 Å². The van der Waals surface area contributed by atoms with Crippen molar-refractivity contribution < 1.29 is 32.3 Å². The van der Waals surface area contributed by atoms with Crippen molar-refractivity contribution in [2.45, 2.75) is 35.7 Å². The zero-order chi connectivity index (χ0) is 31.6. The van der Waals surface area contributed by atoms with Crippen LogP contribution >= 0.6 is 0 Å². The quantitative estimate of drug-likeness (QED) is 0.185. The summed E-state index contributed by atoms with van der Waals surface area (Å²) < 4.78 is 37.3. The van der Waals surface area contributed by atoms with Gasteiger partial charge in [0.25, 0.3) is 11.8 Å². The molecule has 1 aliphatic rings. The number of benzene rings is 4. The molecule has 4 aromatic carbocycles. The topological polar surface area (TPSA) is 140 Å². The molecule has 10 nitrogen and oxygen atoms in total. The van der Waals surface area contributed by atoms with Gasteiger partial charge in [0.15, 0.2) is 0 Å². The number of alkyl carbamates (subject to hydrolysis) is 1. The van der Waals surface area contributed by atoms with Gasteiger partial charge in [-0.2, -0.15) is 0 Å². The van der Waals surface area contributed by atoms with Crippen molar-refractivity contribution in [3.63, 3.8) is 0 Å². The van der Waals surface area contributed by atoms with Crippen LogP contribution in [0.25, 0.3) is 0 Å². The molecule has 0 atom stereocenters. The van der Waals surface area contributed by atoms with E-state index < -0.39 is 21.8 Å². The molecule has 5 rings (SSSR count). The second-order valence-corrected chi connectivity index (χ2v) is 12.2. The van der Waals surface area contributed by atoms with Crippen LogP contribution in [0, 0.1) is 0 Å². The monoisotopic (exact) mass is 627 g/mol. The highest BCUT2D eigenvalue weighted by Crippen LogP contribution is 2.34. The molecule has 0 spiro atoms. The summed E-state index contributed by atoms with van der Waals surface area (Å²) in [7, 11) is -3.94. The van der Waals surface area contributed by atoms with Gasteiger partial charge in [0.2, 0.25) is 9.84 Å². The molecule has 3 amide bonds. The highest BCUT2D eigenvalue weighted by molar-refractivity contribution is 7.91. The Bertz CT molecular complexity index is 1780. The molecule has 3 N–H and O–H groups in total. The Morgan fingerprint density at radius 3 is 2.31 bits per heavy atom. The Balaban J connectivity index is 1.01. The molecule has 0 aliphatic carbocycles. The fourth-order valence-corrected chi connectivity index (χ4v) is 6.35. The maximum atomic E-state index is 13.2. The maximum Gasteiger partial charge on any atom is 0.407 e. The fourth-order valence-electron chi connectivity index (χ4n) is 4.76. The molecule has 1 aliphatic heterocycles. The highest BCUT2D eigenvalue weighted by atomic mass is 32.2. The van der Waals surface area contributed by atoms with Gasteiger partial charge in [0.1, 0.15) is 12.4 Å². The van der Waals surface area contributed by atoms with E-state index in [9.17, 15) is 22.8 Å². The standard InChI is InChI=1S/C34H33N3O7S/c38-32(26-14-17-31-29(22-26)37-33(39)28-10-4-5-11-30(28)45(31,41)42)35-20-18-24-12-15-27(16-13-24)43-21-7-6-19-36-34(40)44-23-25-8-2-1-3-9-25/h1-5,8-17,22H,6-7,18-21,23H2,(H,35,38)(H,36,40)(H,37,39). The van der Waals surface area contributed by atoms with Gasteiger partial charge in [-0.05, 0) is 72.9 Å². The van der Waals surface area contributed by atoms with Crippen LogP contribution in [0.4, 0.5) is 10.5 Å². The lowest BCUT2D eigenvalue weighted by Crippen LogP contribution is -2.26. The van der Waals surface area contributed by atoms with Gasteiger partial charge in [-0.3, -0.25) is 9.59 Å². The number of carbonyl (C=O) groups is 3. The maximum absolute atomic E-state index is 13.2. The van der Waals surface area contributed by atoms with Crippen LogP contribution in [-0.4, -0.2) is 46.0 Å². The molecule has 4 aromatic rings. The van der Waals surface area contributed by atoms with E-state index in [1.165, 1.54) is 30.3 Å². The van der Waals surface area contributed by atoms with Gasteiger partial charge in [0, 0.05) is 18.7 Å². The zero-order valence-electron chi connectivity index (χ0n) is 24.5. The molecule has 11 heteroatoms. The van der Waals surface area contributed by atoms with Gasteiger partial charge < -0.3 is 25.4 Å². The Labute approximate surface area is 261 Å². The third-order valence-corrected chi connectivity index (χ3v) is 9.02. The molecular formula is C34H33N3O7S. The van der Waals surface area contributed by atoms with Crippen molar-refractivity contribution in [1.82, 2.24) is 10.6 Å². The van der Waals surface area contributed by atoms with E-state index >= 15 is 0 Å². The Kier molecular flexibility index (Phi) is 10.1. The zero-order valence-corrected chi connectivity index (χ0v) is 25.3. The lowest BCUT2D eigenvalue weighted by Gasteiger charge is -2.11. The van der Waals surface area contributed by atoms with E-state index in [4.69, 9.17) is 9.47 Å². The molecule has 0 bridgehead atoms. The third-order valence-electron chi connectivity index (χ3n) is 7.15. The predicted octanol–water partition coefficient (Wildman–Crippen LogP) is 5.14. The number of ether oxygens (including phenoxy) is 2. The van der Waals surface area contributed by atoms with E-state index in [-0.39, 0.29) is 39.1 Å². The van der Waals surface area contributed by atoms with E-state index in [2.05, 4.69) is 16.0 Å². The molecule has 0 saturated carbocycles. The summed E-state index contributed by atoms with van der Waals surface area (Å²) in [4.78, 5) is 37.2. The van der Waals surface area contributed by atoms with Crippen LogP contribution in [0.15, 0.2) is 107 Å². The lowest BCUT2D eigenvalue weighted by atomic mass is 10.1. The molecule has 0 saturated heterocycles. The molecule has 1 heterocycles. The van der Waals surface area contributed by atoms with E-state index in [1.807, 2.05) is 54.6 Å². The summed E-state index contributed by atoms with van der Waals surface area (Å²) in [5, 5.41) is 8.20. The van der Waals surface area contributed by atoms with E-state index in [0.29, 0.717) is 26.1 Å². The molecule has 0 radical (unpaired) electrons. The number of carbonyl (C=O) groups excluding carboxylic acids is 3. The van der Waals surface area contributed by atoms with Crippen molar-refractivity contribution in [3.05, 3.63) is 119 Å². The van der Waals surface area contributed by atoms with Crippen LogP contribution < -0.4 is 20.7 Å². The largest absolute Gasteiger partial charge is 0.494 e. The Morgan fingerprint density at radius 2 is 1.51 bits per heavy atom. The first-order chi connectivity index (χ1) is 21.8. The molecule has 232 valence electrons. The number of rotatable bonds is 12. The van der Waals surface area contributed by atoms with Crippen LogP contribution in [0.3, 0.4) is 0 Å². The summed E-state index contributed by atoms with van der Waals surface area (Å²) in [5.74, 6) is -0.209. The van der Waals surface area contributed by atoms with Crippen molar-refractivity contribution >= 4 is 33.4 Å². The Hall–Kier alpha value is -5.16. The molecule has 45 heavy (non-hydrogen) atoms. The number of hydrogen-bond acceptors (Lipinski definition) is 7. The second-order valence-electron chi connectivity index (χ2n) is 10.4. The number of fused-ring (bicyclic) bond motifs is 2. The number of unbranched alkanes of at least 4 members (excludes halogenated alkanes) is 1. The summed E-state index contributed by atoms with van der Waals surface area (Å²) in [5.41, 5.74) is 2.29. The number of hydrogen-bond donors (Lipinski definition) is 3. The van der Waals surface area contributed by atoms with Crippen LogP contribution in [0.5, 0.6) is 5.75 Å². The van der Waals surface area contributed by atoms with E-state index in [0.717, 1.165) is 29.7 Å². The van der Waals surface area contributed by atoms with Gasteiger partial charge in [-0.15, -0.1) is 0 Å². The summed E-state index contributed by atoms with van der Waals surface area (Å²) in [6, 6.07) is 27.2. The normalized spacial score (nSPS) is 12.9. The van der Waals surface area contributed by atoms with Crippen molar-refractivity contribution in [2.24, 2.45) is 0 Å². The number of sulfone groups is 1. The van der Waals surface area contributed by atoms with Crippen LogP contribution in [0.1, 0.15) is 44.7 Å². The predicted molar refractivity (Wildman–Crippen MR) is 168 cm³/mol.